The normalized spacial score (nSPS) is 14.6. The molecule has 0 aromatic heterocycles. The quantitative estimate of drug-likeness (QED) is 0.162. The van der Waals surface area contributed by atoms with E-state index in [1.54, 1.807) is 0 Å². The lowest BCUT2D eigenvalue weighted by Crippen LogP contribution is -2.39. The van der Waals surface area contributed by atoms with Crippen molar-refractivity contribution in [3.63, 3.8) is 0 Å². The first-order valence-electron chi connectivity index (χ1n) is 19.0. The van der Waals surface area contributed by atoms with E-state index in [0.29, 0.717) is 0 Å². The summed E-state index contributed by atoms with van der Waals surface area (Å²) in [5.74, 6) is 0. The second-order valence-electron chi connectivity index (χ2n) is 15.1. The van der Waals surface area contributed by atoms with Gasteiger partial charge in [0.2, 0.25) is 0 Å². The zero-order valence-electron chi connectivity index (χ0n) is 29.6. The van der Waals surface area contributed by atoms with Crippen molar-refractivity contribution in [1.82, 2.24) is 0 Å². The SMILES string of the molecule is c1ccc(C2(c3ccccc3)c3ccc4cc5ccccc5c5c4c3-c3c(ccc4cc6ccccc6c2c34)C5(c2ccccc2)c2ccccc2)cc1. The Morgan fingerprint density at radius 3 is 0.926 bits per heavy atom. The van der Waals surface area contributed by atoms with Crippen molar-refractivity contribution in [3.05, 3.63) is 251 Å². The van der Waals surface area contributed by atoms with Gasteiger partial charge < -0.3 is 0 Å². The maximum Gasteiger partial charge on any atom is 0.0720 e. The van der Waals surface area contributed by atoms with Gasteiger partial charge in [-0.2, -0.15) is 0 Å². The third-order valence-corrected chi connectivity index (χ3v) is 12.7. The van der Waals surface area contributed by atoms with Crippen LogP contribution in [-0.4, -0.2) is 0 Å². The van der Waals surface area contributed by atoms with Gasteiger partial charge in [-0.25, -0.2) is 0 Å². The fourth-order valence-corrected chi connectivity index (χ4v) is 10.8. The molecule has 0 bridgehead atoms. The van der Waals surface area contributed by atoms with Crippen LogP contribution >= 0.6 is 0 Å². The molecule has 0 saturated heterocycles. The lowest BCUT2D eigenvalue weighted by atomic mass is 9.52. The van der Waals surface area contributed by atoms with Gasteiger partial charge in [0.25, 0.3) is 0 Å². The highest BCUT2D eigenvalue weighted by Crippen LogP contribution is 2.65. The van der Waals surface area contributed by atoms with Crippen LogP contribution in [0.3, 0.4) is 0 Å². The van der Waals surface area contributed by atoms with Gasteiger partial charge >= 0.3 is 0 Å². The zero-order chi connectivity index (χ0) is 35.4. The zero-order valence-corrected chi connectivity index (χ0v) is 29.6. The summed E-state index contributed by atoms with van der Waals surface area (Å²) in [5.41, 5.74) is 12.1. The molecule has 10 aromatic carbocycles. The molecule has 0 heteroatoms. The first-order chi connectivity index (χ1) is 26.8. The smallest absolute Gasteiger partial charge is 0.0622 e. The van der Waals surface area contributed by atoms with Crippen molar-refractivity contribution in [3.8, 4) is 11.1 Å². The van der Waals surface area contributed by atoms with Gasteiger partial charge in [0.15, 0.2) is 0 Å². The average Bonchev–Trinajstić information content (AvgIpc) is 3.25. The monoisotopic (exact) mass is 682 g/mol. The van der Waals surface area contributed by atoms with Crippen molar-refractivity contribution in [1.29, 1.82) is 0 Å². The molecule has 12 rings (SSSR count). The van der Waals surface area contributed by atoms with Crippen LogP contribution in [0.25, 0.3) is 54.2 Å². The van der Waals surface area contributed by atoms with E-state index in [0.717, 1.165) is 0 Å². The fraction of sp³-hybridized carbons (Fsp3) is 0.0370. The molecule has 2 aliphatic rings. The Bertz CT molecular complexity index is 2830. The molecule has 0 saturated carbocycles. The lowest BCUT2D eigenvalue weighted by molar-refractivity contribution is 0.736. The molecule has 250 valence electrons. The molecule has 0 heterocycles. The Morgan fingerprint density at radius 1 is 0.259 bits per heavy atom. The Kier molecular flexibility index (Phi) is 6.00. The average molecular weight is 683 g/mol. The van der Waals surface area contributed by atoms with Crippen LogP contribution in [0.2, 0.25) is 0 Å². The minimum Gasteiger partial charge on any atom is -0.0622 e. The molecular formula is C54H34. The Balaban J connectivity index is 1.45. The first kappa shape index (κ1) is 29.8. The fourth-order valence-electron chi connectivity index (χ4n) is 10.8. The Hall–Kier alpha value is -6.76. The maximum absolute atomic E-state index is 2.47. The highest BCUT2D eigenvalue weighted by Gasteiger charge is 2.52. The summed E-state index contributed by atoms with van der Waals surface area (Å²) < 4.78 is 0. The number of hydrogen-bond acceptors (Lipinski definition) is 0. The minimum atomic E-state index is -0.584. The van der Waals surface area contributed by atoms with Crippen molar-refractivity contribution in [2.45, 2.75) is 10.8 Å². The third kappa shape index (κ3) is 3.58. The molecule has 0 atom stereocenters. The summed E-state index contributed by atoms with van der Waals surface area (Å²) in [6.07, 6.45) is 0. The van der Waals surface area contributed by atoms with E-state index in [2.05, 4.69) is 206 Å². The number of hydrogen-bond donors (Lipinski definition) is 0. The van der Waals surface area contributed by atoms with E-state index in [-0.39, 0.29) is 0 Å². The van der Waals surface area contributed by atoms with Gasteiger partial charge in [-0.05, 0) is 111 Å². The largest absolute Gasteiger partial charge is 0.0720 e. The predicted molar refractivity (Wildman–Crippen MR) is 226 cm³/mol. The molecule has 0 N–H and O–H groups in total. The number of fused-ring (bicyclic) bond motifs is 4. The first-order valence-corrected chi connectivity index (χ1v) is 19.0. The van der Waals surface area contributed by atoms with Crippen molar-refractivity contribution in [2.75, 3.05) is 0 Å². The van der Waals surface area contributed by atoms with Gasteiger partial charge in [0.05, 0.1) is 10.8 Å². The van der Waals surface area contributed by atoms with Crippen LogP contribution in [0.15, 0.2) is 206 Å². The maximum atomic E-state index is 2.47. The topological polar surface area (TPSA) is 0 Å². The van der Waals surface area contributed by atoms with Crippen molar-refractivity contribution < 1.29 is 0 Å². The highest BCUT2D eigenvalue weighted by atomic mass is 14.5. The summed E-state index contributed by atoms with van der Waals surface area (Å²) in [5, 5.41) is 10.4. The van der Waals surface area contributed by atoms with Crippen LogP contribution in [0.1, 0.15) is 44.5 Å². The molecule has 54 heavy (non-hydrogen) atoms. The molecule has 2 aliphatic carbocycles. The van der Waals surface area contributed by atoms with Crippen molar-refractivity contribution in [2.24, 2.45) is 0 Å². The minimum absolute atomic E-state index is 0.584. The summed E-state index contributed by atoms with van der Waals surface area (Å²) in [4.78, 5) is 0. The van der Waals surface area contributed by atoms with Gasteiger partial charge in [-0.1, -0.05) is 194 Å². The molecule has 0 unspecified atom stereocenters. The predicted octanol–water partition coefficient (Wildman–Crippen LogP) is 13.4. The second kappa shape index (κ2) is 10.9. The van der Waals surface area contributed by atoms with Crippen molar-refractivity contribution >= 4 is 43.1 Å². The molecule has 0 amide bonds. The van der Waals surface area contributed by atoms with E-state index in [4.69, 9.17) is 0 Å². The summed E-state index contributed by atoms with van der Waals surface area (Å²) in [6, 6.07) is 78.0. The standard InChI is InChI=1S/C54H34/c1-5-19-39(20-6-1)53(40-21-7-2-8-22-40)45-31-29-38-34-36-18-14-16-28-44(36)52-48(38)49(45)50-46(32-30-37-33-35-17-13-15-27-43(35)51(53)47(37)50)54(52,41-23-9-3-10-24-41)42-25-11-4-12-26-42/h1-34H. The second-order valence-corrected chi connectivity index (χ2v) is 15.1. The van der Waals surface area contributed by atoms with E-state index >= 15 is 0 Å². The van der Waals surface area contributed by atoms with Crippen LogP contribution in [0.5, 0.6) is 0 Å². The van der Waals surface area contributed by atoms with Crippen LogP contribution in [0, 0.1) is 0 Å². The Labute approximate surface area is 314 Å². The number of rotatable bonds is 4. The number of benzene rings is 10. The Morgan fingerprint density at radius 2 is 0.574 bits per heavy atom. The summed E-state index contributed by atoms with van der Waals surface area (Å²) in [6.45, 7) is 0. The molecule has 0 radical (unpaired) electrons. The van der Waals surface area contributed by atoms with Gasteiger partial charge in [-0.15, -0.1) is 0 Å². The van der Waals surface area contributed by atoms with Crippen LogP contribution in [0.4, 0.5) is 0 Å². The van der Waals surface area contributed by atoms with E-state index in [1.165, 1.54) is 98.7 Å². The molecule has 0 aliphatic heterocycles. The third-order valence-electron chi connectivity index (χ3n) is 12.7. The van der Waals surface area contributed by atoms with E-state index in [9.17, 15) is 0 Å². The van der Waals surface area contributed by atoms with Crippen LogP contribution < -0.4 is 0 Å². The summed E-state index contributed by atoms with van der Waals surface area (Å²) in [7, 11) is 0. The van der Waals surface area contributed by atoms with E-state index in [1.807, 2.05) is 0 Å². The van der Waals surface area contributed by atoms with Crippen LogP contribution in [-0.2, 0) is 10.8 Å². The molecular weight excluding hydrogens is 649 g/mol. The summed E-state index contributed by atoms with van der Waals surface area (Å²) >= 11 is 0. The van der Waals surface area contributed by atoms with Gasteiger partial charge in [-0.3, -0.25) is 0 Å². The molecule has 0 spiro atoms. The molecule has 10 aromatic rings. The van der Waals surface area contributed by atoms with E-state index < -0.39 is 10.8 Å². The molecule has 0 nitrogen and oxygen atoms in total. The highest BCUT2D eigenvalue weighted by molar-refractivity contribution is 6.23. The molecule has 0 fully saturated rings. The van der Waals surface area contributed by atoms with Gasteiger partial charge in [0, 0.05) is 0 Å². The lowest BCUT2D eigenvalue weighted by Gasteiger charge is -2.49. The van der Waals surface area contributed by atoms with Gasteiger partial charge in [0.1, 0.15) is 0 Å².